The van der Waals surface area contributed by atoms with Gasteiger partial charge >= 0.3 is 21.7 Å². The van der Waals surface area contributed by atoms with Crippen LogP contribution >= 0.6 is 0 Å². The molecule has 0 amide bonds. The Kier molecular flexibility index (Phi) is 3.75. The maximum absolute atomic E-state index is 2.31. The average Bonchev–Trinajstić information content (AvgIpc) is 3.00. The molecular weight excluding hydrogens is 292 g/mol. The molecule has 2 heteroatoms. The number of hydrogen-bond acceptors (Lipinski definition) is 0. The molecule has 0 atom stereocenters. The first-order valence-corrected chi connectivity index (χ1v) is 7.46. The summed E-state index contributed by atoms with van der Waals surface area (Å²) in [5.41, 5.74) is 0. The van der Waals surface area contributed by atoms with Gasteiger partial charge in [0.1, 0.15) is 0 Å². The molecule has 0 unspecified atom stereocenters. The van der Waals surface area contributed by atoms with Crippen molar-refractivity contribution in [2.75, 3.05) is 0 Å². The third kappa shape index (κ3) is 2.45. The Balaban J connectivity index is 0.00000121. The van der Waals surface area contributed by atoms with E-state index in [2.05, 4.69) is 72.8 Å². The molecule has 0 saturated carbocycles. The maximum atomic E-state index is 2.31. The Bertz CT molecular complexity index is 716. The summed E-state index contributed by atoms with van der Waals surface area (Å²) in [6.45, 7) is 0. The van der Waals surface area contributed by atoms with E-state index < -0.39 is 0 Å². The van der Waals surface area contributed by atoms with Crippen LogP contribution in [-0.4, -0.2) is 9.52 Å². The van der Waals surface area contributed by atoms with E-state index in [1.54, 1.807) is 0 Å². The molecule has 0 nitrogen and oxygen atoms in total. The van der Waals surface area contributed by atoms with E-state index in [0.717, 1.165) is 9.52 Å². The molecule has 92 valence electrons. The van der Waals surface area contributed by atoms with Crippen molar-refractivity contribution in [3.63, 3.8) is 0 Å². The predicted octanol–water partition coefficient (Wildman–Crippen LogP) is 3.08. The van der Waals surface area contributed by atoms with Crippen molar-refractivity contribution >= 4 is 41.4 Å². The Morgan fingerprint density at radius 1 is 0.650 bits per heavy atom. The second-order valence-corrected chi connectivity index (χ2v) is 6.28. The summed E-state index contributed by atoms with van der Waals surface area (Å²) in [6.07, 6.45) is 0. The maximum Gasteiger partial charge on any atom is 2.00 e. The minimum atomic E-state index is 0. The zero-order valence-electron chi connectivity index (χ0n) is 10.9. The van der Waals surface area contributed by atoms with Gasteiger partial charge < -0.3 is 0 Å². The third-order valence-corrected chi connectivity index (χ3v) is 4.68. The molecule has 4 rings (SSSR count). The topological polar surface area (TPSA) is 0 Å². The first-order chi connectivity index (χ1) is 9.38. The van der Waals surface area contributed by atoms with Gasteiger partial charge in [0.05, 0.1) is 9.52 Å². The van der Waals surface area contributed by atoms with Crippen molar-refractivity contribution in [3.8, 4) is 0 Å². The van der Waals surface area contributed by atoms with Crippen molar-refractivity contribution in [2.24, 2.45) is 0 Å². The number of hydrogen-bond donors (Lipinski definition) is 0. The molecule has 4 aromatic rings. The number of rotatable bonds is 2. The largest absolute Gasteiger partial charge is 2.00 e. The van der Waals surface area contributed by atoms with Crippen molar-refractivity contribution in [1.29, 1.82) is 0 Å². The van der Waals surface area contributed by atoms with E-state index in [-0.39, 0.29) is 21.7 Å². The first kappa shape index (κ1) is 13.6. The standard InChI is InChI=1S/C18H12Si.Ti/c1-2-6-14-10-17(9-13(14)5-1)19-18-11-15-7-3-4-8-16(15)12-18;/h1-12H;/q-2;+2. The molecule has 0 aliphatic heterocycles. The van der Waals surface area contributed by atoms with Gasteiger partial charge in [-0.25, -0.2) is 0 Å². The van der Waals surface area contributed by atoms with E-state index in [4.69, 9.17) is 0 Å². The fourth-order valence-electron chi connectivity index (χ4n) is 2.61. The van der Waals surface area contributed by atoms with Gasteiger partial charge in [-0.15, -0.1) is 69.7 Å². The third-order valence-electron chi connectivity index (χ3n) is 3.52. The quantitative estimate of drug-likeness (QED) is 0.394. The summed E-state index contributed by atoms with van der Waals surface area (Å²) >= 11 is 0. The molecule has 0 saturated heterocycles. The molecular formula is C18H12SiTi. The molecule has 2 radical (unpaired) electrons. The van der Waals surface area contributed by atoms with Crippen molar-refractivity contribution in [2.45, 2.75) is 0 Å². The SMILES string of the molecule is [Ti+2].c1ccc2[cH-]c([Si]c3cc4ccccc4[cH-]3)cc2c1. The molecule has 0 heterocycles. The van der Waals surface area contributed by atoms with Crippen LogP contribution in [0, 0.1) is 0 Å². The second-order valence-electron chi connectivity index (χ2n) is 4.87. The minimum Gasteiger partial charge on any atom is -0.169 e. The predicted molar refractivity (Wildman–Crippen MR) is 84.1 cm³/mol. The van der Waals surface area contributed by atoms with Crippen molar-refractivity contribution in [1.82, 2.24) is 0 Å². The summed E-state index contributed by atoms with van der Waals surface area (Å²) < 4.78 is 0. The van der Waals surface area contributed by atoms with Gasteiger partial charge in [0, 0.05) is 0 Å². The van der Waals surface area contributed by atoms with Gasteiger partial charge in [-0.2, -0.15) is 22.9 Å². The van der Waals surface area contributed by atoms with Crippen LogP contribution in [0.2, 0.25) is 0 Å². The van der Waals surface area contributed by atoms with Crippen LogP contribution in [0.3, 0.4) is 0 Å². The van der Waals surface area contributed by atoms with Gasteiger partial charge in [-0.3, -0.25) is 0 Å². The second kappa shape index (κ2) is 5.53. The van der Waals surface area contributed by atoms with Crippen LogP contribution in [0.15, 0.2) is 72.8 Å². The molecule has 0 spiro atoms. The monoisotopic (exact) mass is 304 g/mol. The van der Waals surface area contributed by atoms with Crippen molar-refractivity contribution in [3.05, 3.63) is 72.8 Å². The molecule has 0 bridgehead atoms. The minimum absolute atomic E-state index is 0. The fourth-order valence-corrected chi connectivity index (χ4v) is 3.86. The molecule has 0 fully saturated rings. The Morgan fingerprint density at radius 3 is 1.55 bits per heavy atom. The number of fused-ring (bicyclic) bond motifs is 2. The Morgan fingerprint density at radius 2 is 1.10 bits per heavy atom. The van der Waals surface area contributed by atoms with Gasteiger partial charge in [0.2, 0.25) is 0 Å². The van der Waals surface area contributed by atoms with Crippen LogP contribution in [0.1, 0.15) is 0 Å². The molecule has 0 aliphatic carbocycles. The summed E-state index contributed by atoms with van der Waals surface area (Å²) in [5.74, 6) is 0. The average molecular weight is 304 g/mol. The van der Waals surface area contributed by atoms with Crippen LogP contribution in [0.25, 0.3) is 21.5 Å². The smallest absolute Gasteiger partial charge is 0.169 e. The van der Waals surface area contributed by atoms with Crippen LogP contribution < -0.4 is 10.4 Å². The zero-order chi connectivity index (χ0) is 12.7. The van der Waals surface area contributed by atoms with Gasteiger partial charge in [0.15, 0.2) is 0 Å². The number of benzene rings is 2. The fraction of sp³-hybridized carbons (Fsp3) is 0. The van der Waals surface area contributed by atoms with E-state index >= 15 is 0 Å². The molecule has 4 aromatic carbocycles. The van der Waals surface area contributed by atoms with Crippen molar-refractivity contribution < 1.29 is 21.7 Å². The van der Waals surface area contributed by atoms with E-state index in [0.29, 0.717) is 0 Å². The van der Waals surface area contributed by atoms with E-state index in [1.807, 2.05) is 0 Å². The molecule has 20 heavy (non-hydrogen) atoms. The van der Waals surface area contributed by atoms with Gasteiger partial charge in [-0.05, 0) is 0 Å². The molecule has 0 aromatic heterocycles. The van der Waals surface area contributed by atoms with E-state index in [9.17, 15) is 0 Å². The Hall–Kier alpha value is -1.41. The van der Waals surface area contributed by atoms with Gasteiger partial charge in [0.25, 0.3) is 0 Å². The molecule has 0 aliphatic rings. The van der Waals surface area contributed by atoms with Crippen LogP contribution in [0.5, 0.6) is 0 Å². The Labute approximate surface area is 135 Å². The summed E-state index contributed by atoms with van der Waals surface area (Å²) in [4.78, 5) is 0. The van der Waals surface area contributed by atoms with Crippen LogP contribution in [-0.2, 0) is 21.7 Å². The van der Waals surface area contributed by atoms with Crippen LogP contribution in [0.4, 0.5) is 0 Å². The summed E-state index contributed by atoms with van der Waals surface area (Å²) in [7, 11) is 0.743. The normalized spacial score (nSPS) is 10.8. The van der Waals surface area contributed by atoms with Gasteiger partial charge in [-0.1, -0.05) is 12.1 Å². The van der Waals surface area contributed by atoms with E-state index in [1.165, 1.54) is 31.9 Å². The zero-order valence-corrected chi connectivity index (χ0v) is 13.5. The molecule has 0 N–H and O–H groups in total. The summed E-state index contributed by atoms with van der Waals surface area (Å²) in [5, 5.41) is 8.25. The summed E-state index contributed by atoms with van der Waals surface area (Å²) in [6, 6.07) is 26.4. The first-order valence-electron chi connectivity index (χ1n) is 6.46.